The molecule has 0 spiro atoms. The van der Waals surface area contributed by atoms with Crippen LogP contribution in [0.1, 0.15) is 13.8 Å². The van der Waals surface area contributed by atoms with Gasteiger partial charge in [-0.2, -0.15) is 0 Å². The molecule has 0 aromatic heterocycles. The SMILES string of the molecule is CC(C)(O)[CH]([CH2][Sn]([CH3])([CH3])[CH3])[Sn]([CH3])([CH3])[CH3]. The van der Waals surface area contributed by atoms with E-state index < -0.39 is 42.4 Å². The molecule has 0 rings (SSSR count). The second kappa shape index (κ2) is 4.82. The maximum absolute atomic E-state index is 10.3. The quantitative estimate of drug-likeness (QED) is 0.695. The Labute approximate surface area is 98.4 Å². The monoisotopic (exact) mass is 416 g/mol. The maximum atomic E-state index is 10.3. The van der Waals surface area contributed by atoms with Crippen molar-refractivity contribution in [2.24, 2.45) is 0 Å². The molecule has 0 amide bonds. The van der Waals surface area contributed by atoms with Gasteiger partial charge in [0.05, 0.1) is 0 Å². The van der Waals surface area contributed by atoms with Crippen molar-refractivity contribution in [1.29, 1.82) is 0 Å². The fourth-order valence-electron chi connectivity index (χ4n) is 2.23. The van der Waals surface area contributed by atoms with E-state index in [9.17, 15) is 5.11 Å². The number of hydrogen-bond acceptors (Lipinski definition) is 1. The second-order valence-corrected chi connectivity index (χ2v) is 38.6. The van der Waals surface area contributed by atoms with Crippen LogP contribution in [0, 0.1) is 0 Å². The third-order valence-electron chi connectivity index (χ3n) is 2.71. The number of hydrogen-bond donors (Lipinski definition) is 1. The van der Waals surface area contributed by atoms with Crippen molar-refractivity contribution >= 4 is 36.8 Å². The van der Waals surface area contributed by atoms with Crippen molar-refractivity contribution in [3.8, 4) is 0 Å². The predicted octanol–water partition coefficient (Wildman–Crippen LogP) is 3.80. The Morgan fingerprint density at radius 1 is 1.00 bits per heavy atom. The van der Waals surface area contributed by atoms with E-state index in [2.05, 4.69) is 29.6 Å². The molecule has 0 aliphatic carbocycles. The van der Waals surface area contributed by atoms with Crippen LogP contribution in [0.15, 0.2) is 0 Å². The Balaban J connectivity index is 4.78. The van der Waals surface area contributed by atoms with Gasteiger partial charge in [0.2, 0.25) is 0 Å². The first-order valence-corrected chi connectivity index (χ1v) is 26.4. The summed E-state index contributed by atoms with van der Waals surface area (Å²) in [6.07, 6.45) is 0. The Bertz CT molecular complexity index is 167. The van der Waals surface area contributed by atoms with Crippen LogP contribution in [0.25, 0.3) is 0 Å². The van der Waals surface area contributed by atoms with Crippen molar-refractivity contribution in [3.05, 3.63) is 0 Å². The molecule has 0 bridgehead atoms. The first kappa shape index (κ1) is 15.6. The van der Waals surface area contributed by atoms with Crippen molar-refractivity contribution in [1.82, 2.24) is 0 Å². The predicted molar refractivity (Wildman–Crippen MR) is 71.5 cm³/mol. The van der Waals surface area contributed by atoms with Gasteiger partial charge < -0.3 is 0 Å². The summed E-state index contributed by atoms with van der Waals surface area (Å²) in [5.74, 6) is 0. The first-order valence-electron chi connectivity index (χ1n) is 5.56. The van der Waals surface area contributed by atoms with Gasteiger partial charge in [0.25, 0.3) is 0 Å². The Kier molecular flexibility index (Phi) is 5.36. The fourth-order valence-corrected chi connectivity index (χ4v) is 38.4. The van der Waals surface area contributed by atoms with Gasteiger partial charge in [0.15, 0.2) is 0 Å². The average molecular weight is 414 g/mol. The summed E-state index contributed by atoms with van der Waals surface area (Å²) < 4.78 is 1.99. The Morgan fingerprint density at radius 3 is 1.43 bits per heavy atom. The van der Waals surface area contributed by atoms with Crippen molar-refractivity contribution in [3.63, 3.8) is 0 Å². The summed E-state index contributed by atoms with van der Waals surface area (Å²) in [4.78, 5) is 14.8. The van der Waals surface area contributed by atoms with Gasteiger partial charge in [-0.25, -0.2) is 0 Å². The van der Waals surface area contributed by atoms with E-state index in [1.165, 1.54) is 4.44 Å². The van der Waals surface area contributed by atoms with Crippen LogP contribution in [0.4, 0.5) is 0 Å². The third kappa shape index (κ3) is 6.21. The molecule has 1 atom stereocenters. The zero-order valence-electron chi connectivity index (χ0n) is 11.2. The molecular formula is C11H28OSn2. The molecule has 86 valence electrons. The van der Waals surface area contributed by atoms with Crippen molar-refractivity contribution < 1.29 is 5.11 Å². The van der Waals surface area contributed by atoms with Crippen LogP contribution >= 0.6 is 0 Å². The van der Waals surface area contributed by atoms with Gasteiger partial charge in [0, 0.05) is 0 Å². The van der Waals surface area contributed by atoms with Crippen LogP contribution in [0.5, 0.6) is 0 Å². The van der Waals surface area contributed by atoms with E-state index in [0.717, 1.165) is 0 Å². The van der Waals surface area contributed by atoms with E-state index in [1.54, 1.807) is 0 Å². The molecule has 1 N–H and O–H groups in total. The molecule has 0 aromatic carbocycles. The van der Waals surface area contributed by atoms with E-state index in [1.807, 2.05) is 13.8 Å². The van der Waals surface area contributed by atoms with E-state index in [4.69, 9.17) is 0 Å². The zero-order valence-corrected chi connectivity index (χ0v) is 16.9. The first-order chi connectivity index (χ1) is 5.84. The normalized spacial score (nSPS) is 16.9. The molecule has 14 heavy (non-hydrogen) atoms. The summed E-state index contributed by atoms with van der Waals surface area (Å²) in [5.41, 5.74) is -0.446. The van der Waals surface area contributed by atoms with Gasteiger partial charge in [-0.1, -0.05) is 0 Å². The Hall–Kier alpha value is 1.56. The Morgan fingerprint density at radius 2 is 1.36 bits per heavy atom. The minimum absolute atomic E-state index is 0.446. The molecule has 0 heterocycles. The molecule has 1 unspecified atom stereocenters. The topological polar surface area (TPSA) is 20.2 Å². The van der Waals surface area contributed by atoms with Gasteiger partial charge in [0.1, 0.15) is 0 Å². The number of aliphatic hydroxyl groups is 1. The molecule has 0 saturated carbocycles. The molecular weight excluding hydrogens is 386 g/mol. The molecule has 1 nitrogen and oxygen atoms in total. The molecule has 0 aliphatic heterocycles. The van der Waals surface area contributed by atoms with Crippen LogP contribution < -0.4 is 0 Å². The second-order valence-electron chi connectivity index (χ2n) is 7.34. The minimum atomic E-state index is -1.97. The van der Waals surface area contributed by atoms with Gasteiger partial charge in [-0.05, 0) is 0 Å². The molecule has 3 heteroatoms. The van der Waals surface area contributed by atoms with Gasteiger partial charge in [-0.3, -0.25) is 0 Å². The molecule has 0 radical (unpaired) electrons. The average Bonchev–Trinajstić information content (AvgIpc) is 1.75. The standard InChI is InChI=1S/C5H10O.6CH3.2Sn/c1-4-5(2,3)6;;;;;;;;/h4,6H,1H2,2-3H3;6*1H3;;. The van der Waals surface area contributed by atoms with Crippen molar-refractivity contribution in [2.45, 2.75) is 57.5 Å². The van der Waals surface area contributed by atoms with E-state index in [-0.39, 0.29) is 0 Å². The van der Waals surface area contributed by atoms with E-state index >= 15 is 0 Å². The van der Waals surface area contributed by atoms with Gasteiger partial charge in [-0.15, -0.1) is 0 Å². The molecule has 0 fully saturated rings. The van der Waals surface area contributed by atoms with Crippen molar-refractivity contribution in [2.75, 3.05) is 0 Å². The van der Waals surface area contributed by atoms with Crippen LogP contribution in [-0.4, -0.2) is 47.5 Å². The molecule has 0 aliphatic rings. The van der Waals surface area contributed by atoms with Gasteiger partial charge >= 0.3 is 99.3 Å². The van der Waals surface area contributed by atoms with Crippen LogP contribution in [-0.2, 0) is 0 Å². The summed E-state index contributed by atoms with van der Waals surface area (Å²) in [6, 6.07) is 0. The zero-order chi connectivity index (χ0) is 11.8. The molecule has 0 aromatic rings. The third-order valence-corrected chi connectivity index (χ3v) is 19.3. The van der Waals surface area contributed by atoms with Crippen LogP contribution in [0.2, 0.25) is 38.0 Å². The summed E-state index contributed by atoms with van der Waals surface area (Å²) >= 11 is -3.72. The van der Waals surface area contributed by atoms with Crippen LogP contribution in [0.3, 0.4) is 0 Å². The summed E-state index contributed by atoms with van der Waals surface area (Å²) in [6.45, 7) is 4.02. The fraction of sp³-hybridized carbons (Fsp3) is 1.00. The summed E-state index contributed by atoms with van der Waals surface area (Å²) in [7, 11) is 0. The summed E-state index contributed by atoms with van der Waals surface area (Å²) in [5, 5.41) is 10.3. The molecule has 0 saturated heterocycles. The van der Waals surface area contributed by atoms with E-state index in [0.29, 0.717) is 3.93 Å². The number of rotatable bonds is 4.